The number of halogens is 2. The van der Waals surface area contributed by atoms with Crippen molar-refractivity contribution in [3.8, 4) is 0 Å². The van der Waals surface area contributed by atoms with E-state index in [0.29, 0.717) is 5.56 Å². The zero-order valence-electron chi connectivity index (χ0n) is 11.5. The van der Waals surface area contributed by atoms with Gasteiger partial charge in [0.05, 0.1) is 18.3 Å². The molecule has 1 rings (SSSR count). The van der Waals surface area contributed by atoms with E-state index in [2.05, 4.69) is 5.32 Å². The van der Waals surface area contributed by atoms with E-state index in [4.69, 9.17) is 4.74 Å². The Morgan fingerprint density at radius 3 is 2.58 bits per heavy atom. The quantitative estimate of drug-likeness (QED) is 0.835. The molecule has 0 heterocycles. The van der Waals surface area contributed by atoms with Crippen molar-refractivity contribution in [1.82, 2.24) is 5.32 Å². The van der Waals surface area contributed by atoms with E-state index >= 15 is 0 Å². The van der Waals surface area contributed by atoms with Gasteiger partial charge in [-0.25, -0.2) is 8.78 Å². The van der Waals surface area contributed by atoms with Gasteiger partial charge >= 0.3 is 0 Å². The molecule has 0 fully saturated rings. The smallest absolute Gasteiger partial charge is 0.130 e. The Morgan fingerprint density at radius 2 is 2.00 bits per heavy atom. The van der Waals surface area contributed by atoms with E-state index in [-0.39, 0.29) is 25.3 Å². The Balaban J connectivity index is 2.30. The summed E-state index contributed by atoms with van der Waals surface area (Å²) < 4.78 is 31.4. The Morgan fingerprint density at radius 1 is 1.32 bits per heavy atom. The SMILES string of the molecule is CC(C)(C)OCC(O)CNCc1ccc(F)cc1F. The molecule has 2 N–H and O–H groups in total. The number of benzene rings is 1. The fraction of sp³-hybridized carbons (Fsp3) is 0.571. The molecule has 0 aliphatic carbocycles. The van der Waals surface area contributed by atoms with Crippen LogP contribution in [-0.4, -0.2) is 30.0 Å². The predicted molar refractivity (Wildman–Crippen MR) is 69.8 cm³/mol. The van der Waals surface area contributed by atoms with Gasteiger partial charge in [0.2, 0.25) is 0 Å². The van der Waals surface area contributed by atoms with Crippen LogP contribution in [0.2, 0.25) is 0 Å². The van der Waals surface area contributed by atoms with Gasteiger partial charge in [0.15, 0.2) is 0 Å². The lowest BCUT2D eigenvalue weighted by Crippen LogP contribution is -2.33. The van der Waals surface area contributed by atoms with Gasteiger partial charge in [0, 0.05) is 24.7 Å². The zero-order chi connectivity index (χ0) is 14.5. The fourth-order valence-corrected chi connectivity index (χ4v) is 1.44. The summed E-state index contributed by atoms with van der Waals surface area (Å²) >= 11 is 0. The van der Waals surface area contributed by atoms with Crippen molar-refractivity contribution < 1.29 is 18.6 Å². The first kappa shape index (κ1) is 16.0. The molecular formula is C14H21F2NO2. The van der Waals surface area contributed by atoms with Gasteiger partial charge in [-0.2, -0.15) is 0 Å². The lowest BCUT2D eigenvalue weighted by molar-refractivity contribution is -0.0479. The van der Waals surface area contributed by atoms with Crippen LogP contribution in [0.15, 0.2) is 18.2 Å². The molecule has 1 unspecified atom stereocenters. The normalized spacial score (nSPS) is 13.6. The fourth-order valence-electron chi connectivity index (χ4n) is 1.44. The molecule has 108 valence electrons. The van der Waals surface area contributed by atoms with Crippen molar-refractivity contribution in [2.45, 2.75) is 39.0 Å². The van der Waals surface area contributed by atoms with Gasteiger partial charge < -0.3 is 15.2 Å². The highest BCUT2D eigenvalue weighted by Gasteiger charge is 2.13. The summed E-state index contributed by atoms with van der Waals surface area (Å²) in [6.07, 6.45) is -0.664. The first-order valence-electron chi connectivity index (χ1n) is 6.24. The molecular weight excluding hydrogens is 252 g/mol. The first-order valence-corrected chi connectivity index (χ1v) is 6.24. The number of hydrogen-bond donors (Lipinski definition) is 2. The maximum Gasteiger partial charge on any atom is 0.130 e. The third-order valence-electron chi connectivity index (χ3n) is 2.42. The van der Waals surface area contributed by atoms with E-state index in [1.165, 1.54) is 12.1 Å². The summed E-state index contributed by atoms with van der Waals surface area (Å²) in [6, 6.07) is 3.44. The molecule has 0 amide bonds. The third-order valence-corrected chi connectivity index (χ3v) is 2.42. The van der Waals surface area contributed by atoms with E-state index in [0.717, 1.165) is 6.07 Å². The minimum atomic E-state index is -0.664. The minimum absolute atomic E-state index is 0.211. The summed E-state index contributed by atoms with van der Waals surface area (Å²) in [5.74, 6) is -1.19. The van der Waals surface area contributed by atoms with Crippen LogP contribution >= 0.6 is 0 Å². The molecule has 0 aliphatic heterocycles. The standard InChI is InChI=1S/C14H21F2NO2/c1-14(2,3)19-9-12(18)8-17-7-10-4-5-11(15)6-13(10)16/h4-6,12,17-18H,7-9H2,1-3H3. The molecule has 0 spiro atoms. The van der Waals surface area contributed by atoms with Gasteiger partial charge in [0.1, 0.15) is 11.6 Å². The van der Waals surface area contributed by atoms with Crippen molar-refractivity contribution in [1.29, 1.82) is 0 Å². The van der Waals surface area contributed by atoms with Gasteiger partial charge in [-0.1, -0.05) is 6.07 Å². The highest BCUT2D eigenvalue weighted by atomic mass is 19.1. The second-order valence-electron chi connectivity index (χ2n) is 5.44. The van der Waals surface area contributed by atoms with Crippen LogP contribution in [0, 0.1) is 11.6 Å². The maximum atomic E-state index is 13.3. The molecule has 0 radical (unpaired) electrons. The van der Waals surface area contributed by atoms with E-state index in [9.17, 15) is 13.9 Å². The average Bonchev–Trinajstić information content (AvgIpc) is 2.28. The van der Waals surface area contributed by atoms with Crippen molar-refractivity contribution >= 4 is 0 Å². The Kier molecular flexibility index (Phi) is 5.85. The van der Waals surface area contributed by atoms with Crippen LogP contribution in [0.3, 0.4) is 0 Å². The largest absolute Gasteiger partial charge is 0.389 e. The van der Waals surface area contributed by atoms with Gasteiger partial charge in [-0.15, -0.1) is 0 Å². The molecule has 0 aromatic heterocycles. The molecule has 3 nitrogen and oxygen atoms in total. The monoisotopic (exact) mass is 273 g/mol. The Bertz CT molecular complexity index is 405. The lowest BCUT2D eigenvalue weighted by Gasteiger charge is -2.22. The van der Waals surface area contributed by atoms with Crippen LogP contribution in [0.1, 0.15) is 26.3 Å². The van der Waals surface area contributed by atoms with Crippen molar-refractivity contribution in [2.75, 3.05) is 13.2 Å². The van der Waals surface area contributed by atoms with Gasteiger partial charge in [-0.3, -0.25) is 0 Å². The maximum absolute atomic E-state index is 13.3. The van der Waals surface area contributed by atoms with Crippen LogP contribution in [-0.2, 0) is 11.3 Å². The lowest BCUT2D eigenvalue weighted by atomic mass is 10.2. The van der Waals surface area contributed by atoms with E-state index < -0.39 is 17.7 Å². The van der Waals surface area contributed by atoms with Crippen LogP contribution < -0.4 is 5.32 Å². The number of ether oxygens (including phenoxy) is 1. The number of rotatable bonds is 6. The Labute approximate surface area is 112 Å². The second-order valence-corrected chi connectivity index (χ2v) is 5.44. The number of aliphatic hydroxyl groups is 1. The molecule has 0 saturated carbocycles. The number of aliphatic hydroxyl groups excluding tert-OH is 1. The molecule has 1 aromatic rings. The molecule has 19 heavy (non-hydrogen) atoms. The molecule has 1 atom stereocenters. The topological polar surface area (TPSA) is 41.5 Å². The summed E-state index contributed by atoms with van der Waals surface area (Å²) in [5.41, 5.74) is 0.0645. The second kappa shape index (κ2) is 6.93. The van der Waals surface area contributed by atoms with Crippen LogP contribution in [0.25, 0.3) is 0 Å². The van der Waals surface area contributed by atoms with Gasteiger partial charge in [-0.05, 0) is 26.8 Å². The highest BCUT2D eigenvalue weighted by molar-refractivity contribution is 5.18. The summed E-state index contributed by atoms with van der Waals surface area (Å²) in [6.45, 7) is 6.44. The molecule has 0 aliphatic rings. The zero-order valence-corrected chi connectivity index (χ0v) is 11.5. The van der Waals surface area contributed by atoms with Crippen molar-refractivity contribution in [2.24, 2.45) is 0 Å². The molecule has 1 aromatic carbocycles. The molecule has 0 saturated heterocycles. The van der Waals surface area contributed by atoms with Crippen LogP contribution in [0.4, 0.5) is 8.78 Å². The molecule has 0 bridgehead atoms. The first-order chi connectivity index (χ1) is 8.78. The number of hydrogen-bond acceptors (Lipinski definition) is 3. The summed E-state index contributed by atoms with van der Waals surface area (Å²) in [4.78, 5) is 0. The summed E-state index contributed by atoms with van der Waals surface area (Å²) in [7, 11) is 0. The Hall–Kier alpha value is -1.04. The average molecular weight is 273 g/mol. The molecule has 5 heteroatoms. The van der Waals surface area contributed by atoms with E-state index in [1.807, 2.05) is 20.8 Å². The minimum Gasteiger partial charge on any atom is -0.389 e. The van der Waals surface area contributed by atoms with Crippen molar-refractivity contribution in [3.63, 3.8) is 0 Å². The number of nitrogens with one attached hydrogen (secondary N) is 1. The van der Waals surface area contributed by atoms with Gasteiger partial charge in [0.25, 0.3) is 0 Å². The summed E-state index contributed by atoms with van der Waals surface area (Å²) in [5, 5.41) is 12.6. The van der Waals surface area contributed by atoms with E-state index in [1.54, 1.807) is 0 Å². The van der Waals surface area contributed by atoms with Crippen LogP contribution in [0.5, 0.6) is 0 Å². The highest BCUT2D eigenvalue weighted by Crippen LogP contribution is 2.09. The third kappa shape index (κ3) is 6.61. The van der Waals surface area contributed by atoms with Crippen molar-refractivity contribution in [3.05, 3.63) is 35.4 Å². The predicted octanol–water partition coefficient (Wildman–Crippen LogP) is 2.23.